The lowest BCUT2D eigenvalue weighted by atomic mass is 10.1. The molecule has 1 fully saturated rings. The molecule has 4 nitrogen and oxygen atoms in total. The van der Waals surface area contributed by atoms with Crippen LogP contribution in [0.2, 0.25) is 0 Å². The van der Waals surface area contributed by atoms with Gasteiger partial charge in [-0.1, -0.05) is 15.9 Å². The van der Waals surface area contributed by atoms with Gasteiger partial charge in [-0.2, -0.15) is 8.42 Å². The van der Waals surface area contributed by atoms with E-state index >= 15 is 0 Å². The minimum atomic E-state index is -3.70. The van der Waals surface area contributed by atoms with E-state index in [2.05, 4.69) is 48.5 Å². The first-order valence-corrected chi connectivity index (χ1v) is 9.25. The molecule has 1 heterocycles. The van der Waals surface area contributed by atoms with Crippen molar-refractivity contribution in [3.05, 3.63) is 28.7 Å². The molecule has 0 radical (unpaired) electrons. The Bertz CT molecular complexity index is 592. The quantitative estimate of drug-likeness (QED) is 0.759. The number of likely N-dealkylation sites (tertiary alicyclic amines) is 1. The van der Waals surface area contributed by atoms with Crippen molar-refractivity contribution in [2.24, 2.45) is 0 Å². The van der Waals surface area contributed by atoms with Gasteiger partial charge >= 0.3 is 0 Å². The van der Waals surface area contributed by atoms with Crippen LogP contribution in [0.1, 0.15) is 34.1 Å². The standard InChI is InChI=1S/C15H22BrNO3S/c1-11-9-13(10-17(11)15(2,3)4)20-21(18,19)14-7-5-12(16)6-8-14/h5-8,11,13H,9-10H2,1-4H3/t11-,13-/m0/s1. The Kier molecular flexibility index (Phi) is 4.83. The van der Waals surface area contributed by atoms with E-state index in [0.717, 1.165) is 10.9 Å². The van der Waals surface area contributed by atoms with Crippen LogP contribution >= 0.6 is 15.9 Å². The van der Waals surface area contributed by atoms with Crippen molar-refractivity contribution in [3.63, 3.8) is 0 Å². The predicted octanol–water partition coefficient (Wildman–Crippen LogP) is 3.42. The molecule has 1 saturated heterocycles. The molecule has 118 valence electrons. The van der Waals surface area contributed by atoms with E-state index in [-0.39, 0.29) is 16.5 Å². The van der Waals surface area contributed by atoms with Gasteiger partial charge in [-0.3, -0.25) is 9.08 Å². The summed E-state index contributed by atoms with van der Waals surface area (Å²) < 4.78 is 30.9. The fourth-order valence-electron chi connectivity index (χ4n) is 2.82. The van der Waals surface area contributed by atoms with Gasteiger partial charge in [-0.15, -0.1) is 0 Å². The van der Waals surface area contributed by atoms with Crippen molar-refractivity contribution in [1.82, 2.24) is 4.90 Å². The van der Waals surface area contributed by atoms with Crippen LogP contribution in [-0.2, 0) is 14.3 Å². The molecule has 0 bridgehead atoms. The Morgan fingerprint density at radius 3 is 2.29 bits per heavy atom. The highest BCUT2D eigenvalue weighted by atomic mass is 79.9. The third-order valence-electron chi connectivity index (χ3n) is 3.76. The van der Waals surface area contributed by atoms with E-state index in [0.29, 0.717) is 12.6 Å². The van der Waals surface area contributed by atoms with E-state index in [4.69, 9.17) is 4.18 Å². The second-order valence-electron chi connectivity index (χ2n) is 6.53. The summed E-state index contributed by atoms with van der Waals surface area (Å²) in [6.45, 7) is 9.15. The first-order valence-electron chi connectivity index (χ1n) is 7.05. The zero-order valence-corrected chi connectivity index (χ0v) is 15.2. The first-order chi connectivity index (χ1) is 9.59. The molecule has 0 spiro atoms. The number of hydrogen-bond acceptors (Lipinski definition) is 4. The molecule has 0 saturated carbocycles. The fourth-order valence-corrected chi connectivity index (χ4v) is 4.16. The molecule has 21 heavy (non-hydrogen) atoms. The molecule has 1 aliphatic heterocycles. The van der Waals surface area contributed by atoms with Crippen LogP contribution in [0, 0.1) is 0 Å². The Hall–Kier alpha value is -0.430. The van der Waals surface area contributed by atoms with Crippen LogP contribution in [-0.4, -0.2) is 37.5 Å². The Morgan fingerprint density at radius 2 is 1.81 bits per heavy atom. The maximum absolute atomic E-state index is 12.3. The predicted molar refractivity (Wildman–Crippen MR) is 86.7 cm³/mol. The SMILES string of the molecule is C[C@H]1C[C@H](OS(=O)(=O)c2ccc(Br)cc2)CN1C(C)(C)C. The molecular weight excluding hydrogens is 354 g/mol. The van der Waals surface area contributed by atoms with Crippen LogP contribution in [0.4, 0.5) is 0 Å². The number of hydrogen-bond donors (Lipinski definition) is 0. The summed E-state index contributed by atoms with van der Waals surface area (Å²) in [7, 11) is -3.70. The van der Waals surface area contributed by atoms with Gasteiger partial charge < -0.3 is 0 Å². The van der Waals surface area contributed by atoms with Gasteiger partial charge in [0.25, 0.3) is 10.1 Å². The number of rotatable bonds is 3. The zero-order chi connectivity index (χ0) is 15.8. The Morgan fingerprint density at radius 1 is 1.24 bits per heavy atom. The van der Waals surface area contributed by atoms with Gasteiger partial charge in [-0.25, -0.2) is 0 Å². The van der Waals surface area contributed by atoms with E-state index in [1.165, 1.54) is 0 Å². The summed E-state index contributed by atoms with van der Waals surface area (Å²) >= 11 is 3.30. The summed E-state index contributed by atoms with van der Waals surface area (Å²) in [5.41, 5.74) is 0.0128. The average Bonchev–Trinajstić information content (AvgIpc) is 2.69. The van der Waals surface area contributed by atoms with E-state index in [9.17, 15) is 8.42 Å². The monoisotopic (exact) mass is 375 g/mol. The number of nitrogens with zero attached hydrogens (tertiary/aromatic N) is 1. The second kappa shape index (κ2) is 5.99. The minimum absolute atomic E-state index is 0.0128. The summed E-state index contributed by atoms with van der Waals surface area (Å²) in [5, 5.41) is 0. The average molecular weight is 376 g/mol. The molecule has 0 unspecified atom stereocenters. The molecule has 1 aromatic rings. The summed E-state index contributed by atoms with van der Waals surface area (Å²) in [5.74, 6) is 0. The highest BCUT2D eigenvalue weighted by Crippen LogP contribution is 2.30. The Balaban J connectivity index is 2.10. The maximum Gasteiger partial charge on any atom is 0.297 e. The van der Waals surface area contributed by atoms with Crippen LogP contribution < -0.4 is 0 Å². The van der Waals surface area contributed by atoms with Crippen molar-refractivity contribution >= 4 is 26.0 Å². The summed E-state index contributed by atoms with van der Waals surface area (Å²) in [6.07, 6.45) is 0.445. The molecule has 2 atom stereocenters. The van der Waals surface area contributed by atoms with Crippen molar-refractivity contribution in [2.45, 2.75) is 56.7 Å². The van der Waals surface area contributed by atoms with Gasteiger partial charge in [0.05, 0.1) is 11.0 Å². The van der Waals surface area contributed by atoms with E-state index in [1.807, 2.05) is 0 Å². The van der Waals surface area contributed by atoms with Crippen molar-refractivity contribution in [2.75, 3.05) is 6.54 Å². The van der Waals surface area contributed by atoms with Crippen LogP contribution in [0.25, 0.3) is 0 Å². The first kappa shape index (κ1) is 16.9. The van der Waals surface area contributed by atoms with E-state index in [1.54, 1.807) is 24.3 Å². The van der Waals surface area contributed by atoms with Gasteiger partial charge in [0.1, 0.15) is 0 Å². The third kappa shape index (κ3) is 4.06. The van der Waals surface area contributed by atoms with Crippen molar-refractivity contribution in [1.29, 1.82) is 0 Å². The molecule has 0 aliphatic carbocycles. The minimum Gasteiger partial charge on any atom is -0.293 e. The summed E-state index contributed by atoms with van der Waals surface area (Å²) in [4.78, 5) is 2.49. The second-order valence-corrected chi connectivity index (χ2v) is 9.02. The van der Waals surface area contributed by atoms with Crippen molar-refractivity contribution < 1.29 is 12.6 Å². The van der Waals surface area contributed by atoms with Crippen LogP contribution in [0.15, 0.2) is 33.6 Å². The zero-order valence-electron chi connectivity index (χ0n) is 12.8. The van der Waals surface area contributed by atoms with Gasteiger partial charge in [0, 0.05) is 22.6 Å². The molecule has 0 aromatic heterocycles. The van der Waals surface area contributed by atoms with Crippen molar-refractivity contribution in [3.8, 4) is 0 Å². The lowest BCUT2D eigenvalue weighted by Gasteiger charge is -2.35. The van der Waals surface area contributed by atoms with Gasteiger partial charge in [0.15, 0.2) is 0 Å². The van der Waals surface area contributed by atoms with Crippen LogP contribution in [0.5, 0.6) is 0 Å². The fraction of sp³-hybridized carbons (Fsp3) is 0.600. The van der Waals surface area contributed by atoms with Crippen LogP contribution in [0.3, 0.4) is 0 Å². The summed E-state index contributed by atoms with van der Waals surface area (Å²) in [6, 6.07) is 6.83. The number of benzene rings is 1. The number of halogens is 1. The molecule has 6 heteroatoms. The molecule has 1 aromatic carbocycles. The highest BCUT2D eigenvalue weighted by Gasteiger charge is 2.38. The normalized spacial score (nSPS) is 24.4. The molecule has 0 N–H and O–H groups in total. The lowest BCUT2D eigenvalue weighted by molar-refractivity contribution is 0.116. The third-order valence-corrected chi connectivity index (χ3v) is 5.67. The lowest BCUT2D eigenvalue weighted by Crippen LogP contribution is -2.43. The maximum atomic E-state index is 12.3. The topological polar surface area (TPSA) is 46.6 Å². The smallest absolute Gasteiger partial charge is 0.293 e. The largest absolute Gasteiger partial charge is 0.297 e. The van der Waals surface area contributed by atoms with E-state index < -0.39 is 10.1 Å². The molecule has 0 amide bonds. The molecular formula is C15H22BrNO3S. The molecule has 2 rings (SSSR count). The van der Waals surface area contributed by atoms with Gasteiger partial charge in [-0.05, 0) is 58.4 Å². The Labute approximate surface area is 135 Å². The van der Waals surface area contributed by atoms with Gasteiger partial charge in [0.2, 0.25) is 0 Å². The highest BCUT2D eigenvalue weighted by molar-refractivity contribution is 9.10. The molecule has 1 aliphatic rings.